The SMILES string of the molecule is CCCc1ccc(C[C@H](NC)C(C)CC)cc1.[HH]. The molecule has 0 aliphatic heterocycles. The summed E-state index contributed by atoms with van der Waals surface area (Å²) in [7, 11) is 2.07. The molecule has 0 bridgehead atoms. The second-order valence-corrected chi connectivity index (χ2v) is 5.05. The van der Waals surface area contributed by atoms with E-state index in [0.717, 1.165) is 12.3 Å². The maximum atomic E-state index is 3.44. The molecule has 0 saturated carbocycles. The molecule has 1 aromatic rings. The van der Waals surface area contributed by atoms with Crippen LogP contribution in [0, 0.1) is 5.92 Å². The number of hydrogen-bond acceptors (Lipinski definition) is 1. The van der Waals surface area contributed by atoms with Crippen molar-refractivity contribution >= 4 is 0 Å². The molecule has 0 fully saturated rings. The lowest BCUT2D eigenvalue weighted by molar-refractivity contribution is 0.386. The Kier molecular flexibility index (Phi) is 6.28. The molecule has 0 amide bonds. The highest BCUT2D eigenvalue weighted by atomic mass is 14.9. The van der Waals surface area contributed by atoms with E-state index in [9.17, 15) is 0 Å². The first-order valence-electron chi connectivity index (χ1n) is 6.96. The minimum atomic E-state index is 0. The van der Waals surface area contributed by atoms with E-state index in [1.807, 2.05) is 0 Å². The number of hydrogen-bond donors (Lipinski definition) is 1. The fraction of sp³-hybridized carbons (Fsp3) is 0.625. The number of likely N-dealkylation sites (N-methyl/N-ethyl adjacent to an activating group) is 1. The number of nitrogens with one attached hydrogen (secondary N) is 1. The van der Waals surface area contributed by atoms with Crippen molar-refractivity contribution in [2.45, 2.75) is 52.5 Å². The summed E-state index contributed by atoms with van der Waals surface area (Å²) < 4.78 is 0. The molecule has 0 aromatic heterocycles. The number of aryl methyl sites for hydroxylation is 1. The van der Waals surface area contributed by atoms with Gasteiger partial charge in [-0.1, -0.05) is 57.9 Å². The summed E-state index contributed by atoms with van der Waals surface area (Å²) in [6, 6.07) is 9.73. The molecule has 0 aliphatic rings. The molecular formula is C16H29N. The molecule has 0 radical (unpaired) electrons. The smallest absolute Gasteiger partial charge is 0.0130 e. The van der Waals surface area contributed by atoms with Gasteiger partial charge >= 0.3 is 0 Å². The Bertz CT molecular complexity index is 307. The highest BCUT2D eigenvalue weighted by molar-refractivity contribution is 5.23. The van der Waals surface area contributed by atoms with Crippen LogP contribution < -0.4 is 5.32 Å². The van der Waals surface area contributed by atoms with Crippen LogP contribution in [0.2, 0.25) is 0 Å². The van der Waals surface area contributed by atoms with Crippen molar-refractivity contribution in [2.75, 3.05) is 7.05 Å². The molecule has 2 atom stereocenters. The van der Waals surface area contributed by atoms with Gasteiger partial charge in [-0.3, -0.25) is 0 Å². The monoisotopic (exact) mass is 235 g/mol. The molecule has 0 spiro atoms. The van der Waals surface area contributed by atoms with Crippen molar-refractivity contribution in [3.05, 3.63) is 35.4 Å². The largest absolute Gasteiger partial charge is 0.316 e. The van der Waals surface area contributed by atoms with E-state index in [-0.39, 0.29) is 1.43 Å². The first-order chi connectivity index (χ1) is 8.21. The first kappa shape index (κ1) is 14.2. The molecule has 98 valence electrons. The minimum Gasteiger partial charge on any atom is -0.316 e. The van der Waals surface area contributed by atoms with E-state index in [0.29, 0.717) is 6.04 Å². The van der Waals surface area contributed by atoms with Crippen molar-refractivity contribution in [3.63, 3.8) is 0 Å². The normalized spacial score (nSPS) is 14.6. The summed E-state index contributed by atoms with van der Waals surface area (Å²) in [5.74, 6) is 0.732. The molecule has 1 heteroatoms. The van der Waals surface area contributed by atoms with Gasteiger partial charge in [-0.2, -0.15) is 0 Å². The van der Waals surface area contributed by atoms with Gasteiger partial charge in [-0.25, -0.2) is 0 Å². The van der Waals surface area contributed by atoms with Gasteiger partial charge < -0.3 is 5.32 Å². The Morgan fingerprint density at radius 2 is 1.71 bits per heavy atom. The summed E-state index contributed by atoms with van der Waals surface area (Å²) in [5.41, 5.74) is 2.91. The van der Waals surface area contributed by atoms with Gasteiger partial charge in [0.15, 0.2) is 0 Å². The molecule has 0 saturated heterocycles. The quantitative estimate of drug-likeness (QED) is 0.751. The van der Waals surface area contributed by atoms with Gasteiger partial charge in [0.05, 0.1) is 0 Å². The third-order valence-electron chi connectivity index (χ3n) is 3.72. The number of benzene rings is 1. The number of rotatable bonds is 7. The lowest BCUT2D eigenvalue weighted by Gasteiger charge is -2.22. The Morgan fingerprint density at radius 3 is 2.18 bits per heavy atom. The van der Waals surface area contributed by atoms with E-state index in [4.69, 9.17) is 0 Å². The van der Waals surface area contributed by atoms with E-state index in [1.54, 1.807) is 0 Å². The summed E-state index contributed by atoms with van der Waals surface area (Å²) in [5, 5.41) is 3.44. The summed E-state index contributed by atoms with van der Waals surface area (Å²) in [6.45, 7) is 6.82. The van der Waals surface area contributed by atoms with Crippen LogP contribution in [-0.4, -0.2) is 13.1 Å². The Balaban J connectivity index is 0.00000289. The molecule has 0 heterocycles. The summed E-state index contributed by atoms with van der Waals surface area (Å²) in [6.07, 6.45) is 4.80. The van der Waals surface area contributed by atoms with Gasteiger partial charge in [0.2, 0.25) is 0 Å². The van der Waals surface area contributed by atoms with Crippen molar-refractivity contribution in [1.29, 1.82) is 0 Å². The molecular weight excluding hydrogens is 206 g/mol. The zero-order valence-electron chi connectivity index (χ0n) is 11.8. The zero-order chi connectivity index (χ0) is 12.7. The lowest BCUT2D eigenvalue weighted by Crippen LogP contribution is -2.33. The summed E-state index contributed by atoms with van der Waals surface area (Å²) >= 11 is 0. The second kappa shape index (κ2) is 7.50. The van der Waals surface area contributed by atoms with Crippen molar-refractivity contribution in [3.8, 4) is 0 Å². The van der Waals surface area contributed by atoms with E-state index < -0.39 is 0 Å². The molecule has 1 rings (SSSR count). The van der Waals surface area contributed by atoms with E-state index in [1.165, 1.54) is 30.4 Å². The molecule has 1 aromatic carbocycles. The van der Waals surface area contributed by atoms with Crippen molar-refractivity contribution < 1.29 is 1.43 Å². The van der Waals surface area contributed by atoms with Crippen molar-refractivity contribution in [2.24, 2.45) is 5.92 Å². The van der Waals surface area contributed by atoms with E-state index in [2.05, 4.69) is 57.4 Å². The van der Waals surface area contributed by atoms with E-state index >= 15 is 0 Å². The van der Waals surface area contributed by atoms with Gasteiger partial charge in [-0.15, -0.1) is 0 Å². The topological polar surface area (TPSA) is 12.0 Å². The van der Waals surface area contributed by atoms with Gasteiger partial charge in [-0.05, 0) is 36.9 Å². The predicted octanol–water partition coefficient (Wildman–Crippen LogP) is 4.06. The van der Waals surface area contributed by atoms with Crippen LogP contribution in [0.25, 0.3) is 0 Å². The predicted molar refractivity (Wildman–Crippen MR) is 78.6 cm³/mol. The highest BCUT2D eigenvalue weighted by Crippen LogP contribution is 2.14. The van der Waals surface area contributed by atoms with Crippen LogP contribution >= 0.6 is 0 Å². The highest BCUT2D eigenvalue weighted by Gasteiger charge is 2.13. The standard InChI is InChI=1S/C16H27N.H2/c1-5-7-14-8-10-15(11-9-14)12-16(17-4)13(3)6-2;/h8-11,13,16-17H,5-7,12H2,1-4H3;1H/t13?,16-;/m0./s1. The first-order valence-corrected chi connectivity index (χ1v) is 6.96. The fourth-order valence-electron chi connectivity index (χ4n) is 2.26. The average molecular weight is 235 g/mol. The Labute approximate surface area is 108 Å². The second-order valence-electron chi connectivity index (χ2n) is 5.05. The third-order valence-corrected chi connectivity index (χ3v) is 3.72. The van der Waals surface area contributed by atoms with Gasteiger partial charge in [0, 0.05) is 7.47 Å². The third kappa shape index (κ3) is 4.51. The zero-order valence-corrected chi connectivity index (χ0v) is 11.8. The molecule has 1 unspecified atom stereocenters. The van der Waals surface area contributed by atoms with Crippen LogP contribution in [0.3, 0.4) is 0 Å². The Morgan fingerprint density at radius 1 is 1.12 bits per heavy atom. The molecule has 1 nitrogen and oxygen atoms in total. The maximum absolute atomic E-state index is 3.44. The molecule has 17 heavy (non-hydrogen) atoms. The molecule has 1 N–H and O–H groups in total. The van der Waals surface area contributed by atoms with Crippen LogP contribution in [0.4, 0.5) is 0 Å². The average Bonchev–Trinajstić information content (AvgIpc) is 2.37. The van der Waals surface area contributed by atoms with Crippen molar-refractivity contribution in [1.82, 2.24) is 5.32 Å². The fourth-order valence-corrected chi connectivity index (χ4v) is 2.26. The van der Waals surface area contributed by atoms with Crippen LogP contribution in [0.15, 0.2) is 24.3 Å². The molecule has 0 aliphatic carbocycles. The van der Waals surface area contributed by atoms with Gasteiger partial charge in [0.25, 0.3) is 0 Å². The summed E-state index contributed by atoms with van der Waals surface area (Å²) in [4.78, 5) is 0. The minimum absolute atomic E-state index is 0. The maximum Gasteiger partial charge on any atom is 0.0130 e. The van der Waals surface area contributed by atoms with Crippen LogP contribution in [0.1, 0.15) is 46.2 Å². The van der Waals surface area contributed by atoms with Crippen LogP contribution in [0.5, 0.6) is 0 Å². The van der Waals surface area contributed by atoms with Gasteiger partial charge in [0.1, 0.15) is 0 Å². The Hall–Kier alpha value is -0.820. The van der Waals surface area contributed by atoms with Crippen LogP contribution in [-0.2, 0) is 12.8 Å². The lowest BCUT2D eigenvalue weighted by atomic mass is 9.92.